The molecule has 1 unspecified atom stereocenters. The van der Waals surface area contributed by atoms with Gasteiger partial charge in [0.25, 0.3) is 0 Å². The van der Waals surface area contributed by atoms with Crippen molar-refractivity contribution in [2.45, 2.75) is 25.1 Å². The summed E-state index contributed by atoms with van der Waals surface area (Å²) in [4.78, 5) is 17.3. The van der Waals surface area contributed by atoms with Crippen LogP contribution in [0.3, 0.4) is 0 Å². The number of hydrogen-bond acceptors (Lipinski definition) is 3. The Labute approximate surface area is 119 Å². The highest BCUT2D eigenvalue weighted by Gasteiger charge is 2.44. The van der Waals surface area contributed by atoms with Crippen LogP contribution >= 0.6 is 0 Å². The lowest BCUT2D eigenvalue weighted by atomic mass is 9.91. The van der Waals surface area contributed by atoms with E-state index < -0.39 is 24.2 Å². The van der Waals surface area contributed by atoms with Crippen molar-refractivity contribution < 1.29 is 23.1 Å². The van der Waals surface area contributed by atoms with Crippen molar-refractivity contribution in [1.82, 2.24) is 9.88 Å². The summed E-state index contributed by atoms with van der Waals surface area (Å²) >= 11 is 0. The monoisotopic (exact) mass is 303 g/mol. The number of alkyl halides is 3. The molecule has 1 aliphatic rings. The van der Waals surface area contributed by atoms with Gasteiger partial charge in [0.05, 0.1) is 0 Å². The minimum Gasteiger partial charge on any atom is -0.383 e. The molecular formula is C13H16F3N3O2. The second-order valence-corrected chi connectivity index (χ2v) is 4.96. The van der Waals surface area contributed by atoms with E-state index in [1.54, 1.807) is 18.2 Å². The van der Waals surface area contributed by atoms with E-state index in [1.807, 2.05) is 0 Å². The first-order valence-corrected chi connectivity index (χ1v) is 6.59. The predicted octanol–water partition coefficient (Wildman–Crippen LogP) is 2.25. The van der Waals surface area contributed by atoms with Crippen molar-refractivity contribution in [1.29, 1.82) is 0 Å². The van der Waals surface area contributed by atoms with Gasteiger partial charge < -0.3 is 10.0 Å². The lowest BCUT2D eigenvalue weighted by Crippen LogP contribution is -2.46. The van der Waals surface area contributed by atoms with E-state index in [4.69, 9.17) is 0 Å². The zero-order chi connectivity index (χ0) is 15.5. The number of rotatable bonds is 2. The molecule has 0 saturated carbocycles. The Hall–Kier alpha value is -1.83. The summed E-state index contributed by atoms with van der Waals surface area (Å²) in [6.45, 7) is 0.354. The maximum absolute atomic E-state index is 12.4. The summed E-state index contributed by atoms with van der Waals surface area (Å²) in [5, 5.41) is 11.8. The smallest absolute Gasteiger partial charge is 0.383 e. The first kappa shape index (κ1) is 15.6. The van der Waals surface area contributed by atoms with Crippen LogP contribution in [0.4, 0.5) is 23.8 Å². The van der Waals surface area contributed by atoms with Crippen LogP contribution in [0.5, 0.6) is 0 Å². The lowest BCUT2D eigenvalue weighted by molar-refractivity contribution is -0.222. The van der Waals surface area contributed by atoms with Crippen molar-refractivity contribution in [3.05, 3.63) is 24.4 Å². The Balaban J connectivity index is 1.85. The molecule has 0 aromatic carbocycles. The van der Waals surface area contributed by atoms with Crippen molar-refractivity contribution in [3.63, 3.8) is 0 Å². The number of anilines is 1. The summed E-state index contributed by atoms with van der Waals surface area (Å²) < 4.78 is 37.3. The molecule has 1 aliphatic heterocycles. The molecule has 1 aromatic heterocycles. The van der Waals surface area contributed by atoms with E-state index in [0.717, 1.165) is 0 Å². The molecule has 1 aromatic rings. The topological polar surface area (TPSA) is 65.5 Å². The molecule has 1 fully saturated rings. The lowest BCUT2D eigenvalue weighted by Gasteiger charge is -2.34. The maximum atomic E-state index is 12.4. The molecule has 2 rings (SSSR count). The molecule has 0 radical (unpaired) electrons. The Morgan fingerprint density at radius 2 is 2.05 bits per heavy atom. The van der Waals surface area contributed by atoms with E-state index in [-0.39, 0.29) is 25.9 Å². The van der Waals surface area contributed by atoms with Gasteiger partial charge in [0.1, 0.15) is 5.82 Å². The number of pyridine rings is 1. The molecule has 0 spiro atoms. The Morgan fingerprint density at radius 3 is 2.57 bits per heavy atom. The van der Waals surface area contributed by atoms with Crippen LogP contribution in [0.2, 0.25) is 0 Å². The number of aromatic nitrogens is 1. The molecule has 8 heteroatoms. The summed E-state index contributed by atoms with van der Waals surface area (Å²) in [6.07, 6.45) is -5.16. The third-order valence-electron chi connectivity index (χ3n) is 3.51. The zero-order valence-electron chi connectivity index (χ0n) is 11.2. The Kier molecular flexibility index (Phi) is 4.66. The Morgan fingerprint density at radius 1 is 1.38 bits per heavy atom. The fourth-order valence-electron chi connectivity index (χ4n) is 2.31. The number of carbonyl (C=O) groups is 1. The number of carbonyl (C=O) groups excluding carboxylic acids is 1. The van der Waals surface area contributed by atoms with E-state index in [1.165, 1.54) is 11.1 Å². The average molecular weight is 303 g/mol. The minimum absolute atomic E-state index is 0.121. The average Bonchev–Trinajstić information content (AvgIpc) is 2.46. The van der Waals surface area contributed by atoms with Gasteiger partial charge in [-0.05, 0) is 30.9 Å². The number of likely N-dealkylation sites (tertiary alicyclic amines) is 1. The van der Waals surface area contributed by atoms with Crippen LogP contribution in [-0.2, 0) is 0 Å². The predicted molar refractivity (Wildman–Crippen MR) is 69.6 cm³/mol. The highest BCUT2D eigenvalue weighted by molar-refractivity contribution is 5.88. The molecule has 2 amide bonds. The van der Waals surface area contributed by atoms with Crippen LogP contribution in [-0.4, -0.2) is 46.4 Å². The number of hydrogen-bond donors (Lipinski definition) is 2. The van der Waals surface area contributed by atoms with E-state index in [9.17, 15) is 23.1 Å². The molecular weight excluding hydrogens is 287 g/mol. The van der Waals surface area contributed by atoms with Crippen molar-refractivity contribution in [2.24, 2.45) is 5.92 Å². The fourth-order valence-corrected chi connectivity index (χ4v) is 2.31. The molecule has 2 N–H and O–H groups in total. The zero-order valence-corrected chi connectivity index (χ0v) is 11.2. The summed E-state index contributed by atoms with van der Waals surface area (Å²) in [6, 6.07) is 4.65. The second kappa shape index (κ2) is 6.30. The van der Waals surface area contributed by atoms with Gasteiger partial charge in [-0.25, -0.2) is 9.78 Å². The van der Waals surface area contributed by atoms with Crippen molar-refractivity contribution in [2.75, 3.05) is 18.4 Å². The van der Waals surface area contributed by atoms with Crippen molar-refractivity contribution >= 4 is 11.8 Å². The fraction of sp³-hybridized carbons (Fsp3) is 0.538. The number of halogens is 3. The van der Waals surface area contributed by atoms with E-state index in [2.05, 4.69) is 10.3 Å². The van der Waals surface area contributed by atoms with Gasteiger partial charge >= 0.3 is 12.2 Å². The summed E-state index contributed by atoms with van der Waals surface area (Å²) in [5.74, 6) is -0.469. The van der Waals surface area contributed by atoms with E-state index >= 15 is 0 Å². The van der Waals surface area contributed by atoms with Gasteiger partial charge in [0.2, 0.25) is 0 Å². The molecule has 0 aliphatic carbocycles. The van der Waals surface area contributed by atoms with Crippen LogP contribution < -0.4 is 5.32 Å². The highest BCUT2D eigenvalue weighted by Crippen LogP contribution is 2.31. The van der Waals surface area contributed by atoms with Gasteiger partial charge in [-0.2, -0.15) is 13.2 Å². The Bertz CT molecular complexity index is 473. The van der Waals surface area contributed by atoms with Gasteiger partial charge in [0.15, 0.2) is 6.10 Å². The first-order valence-electron chi connectivity index (χ1n) is 6.59. The van der Waals surface area contributed by atoms with Crippen LogP contribution in [0, 0.1) is 5.92 Å². The summed E-state index contributed by atoms with van der Waals surface area (Å²) in [5.41, 5.74) is 0. The van der Waals surface area contributed by atoms with Crippen LogP contribution in [0.15, 0.2) is 24.4 Å². The van der Waals surface area contributed by atoms with Gasteiger partial charge in [-0.3, -0.25) is 5.32 Å². The summed E-state index contributed by atoms with van der Waals surface area (Å²) in [7, 11) is 0. The first-order chi connectivity index (χ1) is 9.88. The van der Waals surface area contributed by atoms with Crippen LogP contribution in [0.25, 0.3) is 0 Å². The number of amides is 2. The minimum atomic E-state index is -4.61. The second-order valence-electron chi connectivity index (χ2n) is 4.96. The van der Waals surface area contributed by atoms with Gasteiger partial charge in [-0.1, -0.05) is 6.07 Å². The number of piperidine rings is 1. The number of aliphatic hydroxyl groups is 1. The van der Waals surface area contributed by atoms with E-state index in [0.29, 0.717) is 5.82 Å². The molecule has 0 bridgehead atoms. The molecule has 116 valence electrons. The molecule has 2 heterocycles. The number of nitrogens with zero attached hydrogens (tertiary/aromatic N) is 2. The number of urea groups is 1. The third-order valence-corrected chi connectivity index (χ3v) is 3.51. The SMILES string of the molecule is O=C(Nc1ccccn1)N1CCC(C(O)C(F)(F)F)CC1. The molecule has 5 nitrogen and oxygen atoms in total. The van der Waals surface area contributed by atoms with Gasteiger partial charge in [-0.15, -0.1) is 0 Å². The quantitative estimate of drug-likeness (QED) is 0.880. The normalized spacial score (nSPS) is 18.4. The van der Waals surface area contributed by atoms with Crippen LogP contribution in [0.1, 0.15) is 12.8 Å². The molecule has 1 atom stereocenters. The largest absolute Gasteiger partial charge is 0.414 e. The number of aliphatic hydroxyl groups excluding tert-OH is 1. The highest BCUT2D eigenvalue weighted by atomic mass is 19.4. The third kappa shape index (κ3) is 4.07. The van der Waals surface area contributed by atoms with Crippen molar-refractivity contribution in [3.8, 4) is 0 Å². The molecule has 1 saturated heterocycles. The standard InChI is InChI=1S/C13H16F3N3O2/c14-13(15,16)11(20)9-4-7-19(8-5-9)12(21)18-10-3-1-2-6-17-10/h1-3,6,9,11,20H,4-5,7-8H2,(H,17,18,21). The number of nitrogens with one attached hydrogen (secondary N) is 1. The van der Waals surface area contributed by atoms with Gasteiger partial charge in [0, 0.05) is 19.3 Å². The maximum Gasteiger partial charge on any atom is 0.414 e. The molecule has 21 heavy (non-hydrogen) atoms.